The molecular weight excluding hydrogens is 390 g/mol. The van der Waals surface area contributed by atoms with Gasteiger partial charge in [-0.05, 0) is 56.2 Å². The van der Waals surface area contributed by atoms with Crippen LogP contribution in [0.5, 0.6) is 0 Å². The quantitative estimate of drug-likeness (QED) is 0.691. The molecule has 0 bridgehead atoms. The molecule has 1 aliphatic rings. The van der Waals surface area contributed by atoms with Crippen molar-refractivity contribution in [3.63, 3.8) is 0 Å². The van der Waals surface area contributed by atoms with Crippen molar-refractivity contribution >= 4 is 32.7 Å². The largest absolute Gasteiger partial charge is 0.436 e. The lowest BCUT2D eigenvalue weighted by atomic mass is 9.97. The molecule has 0 unspecified atom stereocenters. The number of oxazole rings is 1. The molecule has 1 N–H and O–H groups in total. The molecule has 0 aliphatic carbocycles. The topological polar surface area (TPSA) is 92.5 Å². The fourth-order valence-corrected chi connectivity index (χ4v) is 4.65. The first-order valence-corrected chi connectivity index (χ1v) is 11.3. The van der Waals surface area contributed by atoms with E-state index in [1.54, 1.807) is 6.92 Å². The van der Waals surface area contributed by atoms with Crippen LogP contribution in [0.3, 0.4) is 0 Å². The predicted octanol–water partition coefficient (Wildman–Crippen LogP) is 3.50. The summed E-state index contributed by atoms with van der Waals surface area (Å²) in [6.07, 6.45) is 1.07. The van der Waals surface area contributed by atoms with Gasteiger partial charge in [-0.3, -0.25) is 4.79 Å². The Morgan fingerprint density at radius 2 is 1.83 bits per heavy atom. The van der Waals surface area contributed by atoms with Gasteiger partial charge < -0.3 is 9.73 Å². The lowest BCUT2D eigenvalue weighted by Crippen LogP contribution is -2.42. The van der Waals surface area contributed by atoms with E-state index in [2.05, 4.69) is 10.3 Å². The van der Waals surface area contributed by atoms with Gasteiger partial charge in [0.15, 0.2) is 5.58 Å². The molecule has 4 rings (SSSR count). The summed E-state index contributed by atoms with van der Waals surface area (Å²) in [5, 5.41) is 2.93. The minimum absolute atomic E-state index is 0.0758. The van der Waals surface area contributed by atoms with E-state index < -0.39 is 10.0 Å². The van der Waals surface area contributed by atoms with Gasteiger partial charge >= 0.3 is 0 Å². The summed E-state index contributed by atoms with van der Waals surface area (Å²) in [5.74, 6) is 0.368. The third-order valence-corrected chi connectivity index (χ3v) is 7.16. The van der Waals surface area contributed by atoms with Gasteiger partial charge in [-0.15, -0.1) is 0 Å². The summed E-state index contributed by atoms with van der Waals surface area (Å²) in [6.45, 7) is 2.43. The van der Waals surface area contributed by atoms with Crippen LogP contribution in [0, 0.1) is 5.92 Å². The maximum Gasteiger partial charge on any atom is 0.227 e. The standard InChI is InChI=1S/C21H23N3O4S/c1-2-29(26,27)24-13-11-15(12-14-24)20(25)22-17-9-7-16(8-10-17)21-23-18-5-3-4-6-19(18)28-21/h3-10,15H,2,11-14H2,1H3,(H,22,25). The van der Waals surface area contributed by atoms with Crippen molar-refractivity contribution in [2.75, 3.05) is 24.2 Å². The van der Waals surface area contributed by atoms with E-state index >= 15 is 0 Å². The first-order valence-electron chi connectivity index (χ1n) is 9.71. The zero-order valence-electron chi connectivity index (χ0n) is 16.2. The average Bonchev–Trinajstić information content (AvgIpc) is 3.18. The monoisotopic (exact) mass is 413 g/mol. The summed E-state index contributed by atoms with van der Waals surface area (Å²) >= 11 is 0. The lowest BCUT2D eigenvalue weighted by Gasteiger charge is -2.30. The van der Waals surface area contributed by atoms with Crippen LogP contribution in [0.15, 0.2) is 52.9 Å². The number of piperidine rings is 1. The molecule has 1 saturated heterocycles. The van der Waals surface area contributed by atoms with E-state index in [0.717, 1.165) is 16.7 Å². The number of nitrogens with one attached hydrogen (secondary N) is 1. The molecule has 0 atom stereocenters. The molecule has 1 fully saturated rings. The van der Waals surface area contributed by atoms with Crippen LogP contribution in [0.4, 0.5) is 5.69 Å². The number of fused-ring (bicyclic) bond motifs is 1. The van der Waals surface area contributed by atoms with Gasteiger partial charge in [-0.1, -0.05) is 12.1 Å². The van der Waals surface area contributed by atoms with Gasteiger partial charge in [0.2, 0.25) is 21.8 Å². The fraction of sp³-hybridized carbons (Fsp3) is 0.333. The molecule has 7 nitrogen and oxygen atoms in total. The second-order valence-electron chi connectivity index (χ2n) is 7.13. The number of hydrogen-bond acceptors (Lipinski definition) is 5. The molecule has 8 heteroatoms. The Labute approximate surface area is 169 Å². The minimum Gasteiger partial charge on any atom is -0.436 e. The molecular formula is C21H23N3O4S. The highest BCUT2D eigenvalue weighted by Gasteiger charge is 2.30. The number of sulfonamides is 1. The molecule has 1 aliphatic heterocycles. The van der Waals surface area contributed by atoms with Crippen molar-refractivity contribution < 1.29 is 17.6 Å². The van der Waals surface area contributed by atoms with E-state index in [1.807, 2.05) is 48.5 Å². The van der Waals surface area contributed by atoms with Crippen molar-refractivity contribution in [1.29, 1.82) is 0 Å². The number of nitrogens with zero attached hydrogens (tertiary/aromatic N) is 2. The molecule has 1 aromatic heterocycles. The van der Waals surface area contributed by atoms with Gasteiger partial charge in [-0.2, -0.15) is 0 Å². The van der Waals surface area contributed by atoms with Gasteiger partial charge in [-0.25, -0.2) is 17.7 Å². The number of hydrogen-bond donors (Lipinski definition) is 1. The number of amides is 1. The van der Waals surface area contributed by atoms with Crippen molar-refractivity contribution in [2.45, 2.75) is 19.8 Å². The van der Waals surface area contributed by atoms with E-state index in [4.69, 9.17) is 4.42 Å². The maximum atomic E-state index is 12.6. The zero-order chi connectivity index (χ0) is 20.4. The van der Waals surface area contributed by atoms with E-state index in [0.29, 0.717) is 37.5 Å². The number of aromatic nitrogens is 1. The molecule has 1 amide bonds. The van der Waals surface area contributed by atoms with Crippen molar-refractivity contribution in [2.24, 2.45) is 5.92 Å². The van der Waals surface area contributed by atoms with Gasteiger partial charge in [0.1, 0.15) is 5.52 Å². The van der Waals surface area contributed by atoms with Crippen LogP contribution in [0.2, 0.25) is 0 Å². The SMILES string of the molecule is CCS(=O)(=O)N1CCC(C(=O)Nc2ccc(-c3nc4ccccc4o3)cc2)CC1. The highest BCUT2D eigenvalue weighted by molar-refractivity contribution is 7.89. The molecule has 0 spiro atoms. The average molecular weight is 413 g/mol. The molecule has 152 valence electrons. The Bertz CT molecular complexity index is 1080. The molecule has 2 aromatic carbocycles. The van der Waals surface area contributed by atoms with E-state index in [9.17, 15) is 13.2 Å². The lowest BCUT2D eigenvalue weighted by molar-refractivity contribution is -0.120. The normalized spacial score (nSPS) is 16.2. The summed E-state index contributed by atoms with van der Waals surface area (Å²) in [7, 11) is -3.18. The van der Waals surface area contributed by atoms with Crippen LogP contribution in [-0.2, 0) is 14.8 Å². The molecule has 29 heavy (non-hydrogen) atoms. The first kappa shape index (κ1) is 19.6. The number of carbonyl (C=O) groups is 1. The third kappa shape index (κ3) is 4.18. The summed E-state index contributed by atoms with van der Waals surface area (Å²) in [6, 6.07) is 14.9. The number of anilines is 1. The van der Waals surface area contributed by atoms with Crippen molar-refractivity contribution in [1.82, 2.24) is 9.29 Å². The van der Waals surface area contributed by atoms with Gasteiger partial charge in [0.05, 0.1) is 5.75 Å². The molecule has 3 aromatic rings. The predicted molar refractivity (Wildman–Crippen MR) is 112 cm³/mol. The van der Waals surface area contributed by atoms with Gasteiger partial charge in [0, 0.05) is 30.3 Å². The van der Waals surface area contributed by atoms with Crippen LogP contribution in [0.25, 0.3) is 22.6 Å². The Morgan fingerprint density at radius 3 is 2.48 bits per heavy atom. The van der Waals surface area contributed by atoms with Crippen LogP contribution >= 0.6 is 0 Å². The Hall–Kier alpha value is -2.71. The molecule has 0 radical (unpaired) electrons. The first-order chi connectivity index (χ1) is 14.0. The Balaban J connectivity index is 1.38. The van der Waals surface area contributed by atoms with Crippen LogP contribution in [-0.4, -0.2) is 42.5 Å². The third-order valence-electron chi connectivity index (χ3n) is 5.28. The second-order valence-corrected chi connectivity index (χ2v) is 9.38. The highest BCUT2D eigenvalue weighted by Crippen LogP contribution is 2.26. The van der Waals surface area contributed by atoms with Crippen LogP contribution < -0.4 is 5.32 Å². The molecule has 2 heterocycles. The fourth-order valence-electron chi connectivity index (χ4n) is 3.51. The van der Waals surface area contributed by atoms with E-state index in [-0.39, 0.29) is 17.6 Å². The van der Waals surface area contributed by atoms with Crippen molar-refractivity contribution in [3.8, 4) is 11.5 Å². The van der Waals surface area contributed by atoms with Gasteiger partial charge in [0.25, 0.3) is 0 Å². The Kier molecular flexibility index (Phi) is 5.38. The maximum absolute atomic E-state index is 12.6. The summed E-state index contributed by atoms with van der Waals surface area (Å²) in [4.78, 5) is 17.0. The number of benzene rings is 2. The Morgan fingerprint density at radius 1 is 1.14 bits per heavy atom. The summed E-state index contributed by atoms with van der Waals surface area (Å²) < 4.78 is 31.1. The number of rotatable bonds is 5. The smallest absolute Gasteiger partial charge is 0.227 e. The summed E-state index contributed by atoms with van der Waals surface area (Å²) in [5.41, 5.74) is 3.06. The number of carbonyl (C=O) groups excluding carboxylic acids is 1. The van der Waals surface area contributed by atoms with Crippen molar-refractivity contribution in [3.05, 3.63) is 48.5 Å². The zero-order valence-corrected chi connectivity index (χ0v) is 17.0. The van der Waals surface area contributed by atoms with E-state index in [1.165, 1.54) is 4.31 Å². The van der Waals surface area contributed by atoms with Crippen LogP contribution in [0.1, 0.15) is 19.8 Å². The molecule has 0 saturated carbocycles. The highest BCUT2D eigenvalue weighted by atomic mass is 32.2. The second kappa shape index (κ2) is 7.96. The minimum atomic E-state index is -3.18. The number of para-hydroxylation sites is 2.